The normalized spacial score (nSPS) is 17.5. The van der Waals surface area contributed by atoms with E-state index in [9.17, 15) is 5.11 Å². The Morgan fingerprint density at radius 3 is 2.71 bits per heavy atom. The summed E-state index contributed by atoms with van der Waals surface area (Å²) in [5.74, 6) is 1.02. The van der Waals surface area contributed by atoms with Crippen LogP contribution in [0, 0.1) is 6.92 Å². The van der Waals surface area contributed by atoms with Gasteiger partial charge in [-0.15, -0.1) is 0 Å². The van der Waals surface area contributed by atoms with Crippen LogP contribution >= 0.6 is 11.8 Å². The van der Waals surface area contributed by atoms with Crippen LogP contribution in [-0.4, -0.2) is 34.7 Å². The quantitative estimate of drug-likeness (QED) is 0.895. The number of hydrogen-bond acceptors (Lipinski definition) is 4. The average molecular weight is 252 g/mol. The number of rotatable bonds is 3. The maximum Gasteiger partial charge on any atom is 0.129 e. The zero-order valence-electron chi connectivity index (χ0n) is 10.5. The summed E-state index contributed by atoms with van der Waals surface area (Å²) in [7, 11) is 0. The number of hydrogen-bond donors (Lipinski definition) is 1. The first kappa shape index (κ1) is 12.7. The predicted molar refractivity (Wildman–Crippen MR) is 73.6 cm³/mol. The van der Waals surface area contributed by atoms with Crippen LogP contribution in [0.2, 0.25) is 0 Å². The van der Waals surface area contributed by atoms with E-state index in [1.54, 1.807) is 0 Å². The molecule has 0 spiro atoms. The van der Waals surface area contributed by atoms with Crippen LogP contribution in [0.3, 0.4) is 0 Å². The van der Waals surface area contributed by atoms with Crippen molar-refractivity contribution in [1.82, 2.24) is 4.98 Å². The summed E-state index contributed by atoms with van der Waals surface area (Å²) in [6, 6.07) is 3.95. The Bertz CT molecular complexity index is 376. The summed E-state index contributed by atoms with van der Waals surface area (Å²) in [6.45, 7) is 4.23. The van der Waals surface area contributed by atoms with Crippen LogP contribution in [0.25, 0.3) is 0 Å². The first-order valence-electron chi connectivity index (χ1n) is 6.09. The van der Waals surface area contributed by atoms with Crippen LogP contribution in [0.15, 0.2) is 12.1 Å². The number of thioether (sulfide) groups is 1. The van der Waals surface area contributed by atoms with Gasteiger partial charge in [0.1, 0.15) is 5.82 Å². The van der Waals surface area contributed by atoms with Gasteiger partial charge in [-0.3, -0.25) is 0 Å². The molecule has 0 unspecified atom stereocenters. The first-order chi connectivity index (χ1) is 8.22. The third kappa shape index (κ3) is 3.13. The van der Waals surface area contributed by atoms with Crippen molar-refractivity contribution in [2.45, 2.75) is 31.6 Å². The monoisotopic (exact) mass is 252 g/mol. The number of anilines is 1. The minimum Gasteiger partial charge on any atom is -0.392 e. The summed E-state index contributed by atoms with van der Waals surface area (Å²) in [6.07, 6.45) is 4.64. The van der Waals surface area contributed by atoms with E-state index in [4.69, 9.17) is 0 Å². The van der Waals surface area contributed by atoms with Gasteiger partial charge >= 0.3 is 0 Å². The Morgan fingerprint density at radius 1 is 1.41 bits per heavy atom. The third-order valence-electron chi connectivity index (χ3n) is 3.28. The zero-order valence-corrected chi connectivity index (χ0v) is 11.3. The number of piperidine rings is 1. The zero-order chi connectivity index (χ0) is 12.3. The molecule has 0 aliphatic carbocycles. The van der Waals surface area contributed by atoms with Gasteiger partial charge < -0.3 is 10.0 Å². The van der Waals surface area contributed by atoms with Crippen molar-refractivity contribution in [3.05, 3.63) is 23.4 Å². The molecule has 0 amide bonds. The molecule has 4 heteroatoms. The molecule has 0 atom stereocenters. The fourth-order valence-electron chi connectivity index (χ4n) is 2.29. The van der Waals surface area contributed by atoms with Crippen molar-refractivity contribution in [1.29, 1.82) is 0 Å². The van der Waals surface area contributed by atoms with Crippen LogP contribution in [0.1, 0.15) is 24.1 Å². The molecular formula is C13H20N2OS. The highest BCUT2D eigenvalue weighted by Gasteiger charge is 2.19. The standard InChI is InChI=1S/C13H20N2OS/c1-10-7-11(9-16)8-13(14-10)15-5-3-12(17-2)4-6-15/h7-8,12,16H,3-6,9H2,1-2H3. The number of aryl methyl sites for hydroxylation is 1. The lowest BCUT2D eigenvalue weighted by Gasteiger charge is -2.32. The average Bonchev–Trinajstić information content (AvgIpc) is 2.38. The highest BCUT2D eigenvalue weighted by atomic mass is 32.2. The van der Waals surface area contributed by atoms with Gasteiger partial charge in [0.2, 0.25) is 0 Å². The second kappa shape index (κ2) is 5.74. The molecule has 17 heavy (non-hydrogen) atoms. The minimum absolute atomic E-state index is 0.0949. The summed E-state index contributed by atoms with van der Waals surface area (Å²) in [5.41, 5.74) is 1.94. The molecule has 1 aliphatic heterocycles. The van der Waals surface area contributed by atoms with E-state index < -0.39 is 0 Å². The molecule has 2 heterocycles. The van der Waals surface area contributed by atoms with E-state index in [2.05, 4.69) is 16.1 Å². The molecule has 1 saturated heterocycles. The van der Waals surface area contributed by atoms with Crippen LogP contribution in [-0.2, 0) is 6.61 Å². The molecule has 94 valence electrons. The van der Waals surface area contributed by atoms with E-state index in [-0.39, 0.29) is 6.61 Å². The van der Waals surface area contributed by atoms with E-state index in [0.29, 0.717) is 0 Å². The van der Waals surface area contributed by atoms with Gasteiger partial charge in [-0.1, -0.05) is 0 Å². The number of pyridine rings is 1. The molecule has 1 aliphatic rings. The lowest BCUT2D eigenvalue weighted by atomic mass is 10.1. The highest BCUT2D eigenvalue weighted by molar-refractivity contribution is 7.99. The van der Waals surface area contributed by atoms with Crippen molar-refractivity contribution in [2.75, 3.05) is 24.2 Å². The van der Waals surface area contributed by atoms with Crippen molar-refractivity contribution in [3.8, 4) is 0 Å². The SMILES string of the molecule is CSC1CCN(c2cc(CO)cc(C)n2)CC1. The Morgan fingerprint density at radius 2 is 2.12 bits per heavy atom. The molecule has 1 aromatic heterocycles. The summed E-state index contributed by atoms with van der Waals surface area (Å²) < 4.78 is 0. The minimum atomic E-state index is 0.0949. The summed E-state index contributed by atoms with van der Waals surface area (Å²) in [4.78, 5) is 6.90. The number of nitrogens with zero attached hydrogens (tertiary/aromatic N) is 2. The molecule has 0 radical (unpaired) electrons. The molecule has 1 fully saturated rings. The molecular weight excluding hydrogens is 232 g/mol. The lowest BCUT2D eigenvalue weighted by molar-refractivity contribution is 0.281. The van der Waals surface area contributed by atoms with Gasteiger partial charge in [0.05, 0.1) is 6.61 Å². The predicted octanol–water partition coefficient (Wildman–Crippen LogP) is 2.21. The molecule has 0 bridgehead atoms. The largest absolute Gasteiger partial charge is 0.392 e. The fourth-order valence-corrected chi connectivity index (χ4v) is 2.98. The Balaban J connectivity index is 2.10. The maximum atomic E-state index is 9.22. The Kier molecular flexibility index (Phi) is 4.29. The van der Waals surface area contributed by atoms with Crippen molar-refractivity contribution >= 4 is 17.6 Å². The van der Waals surface area contributed by atoms with E-state index >= 15 is 0 Å². The van der Waals surface area contributed by atoms with E-state index in [1.165, 1.54) is 12.8 Å². The maximum absolute atomic E-state index is 9.22. The first-order valence-corrected chi connectivity index (χ1v) is 7.38. The van der Waals surface area contributed by atoms with E-state index in [1.807, 2.05) is 30.8 Å². The highest BCUT2D eigenvalue weighted by Crippen LogP contribution is 2.25. The number of aliphatic hydroxyl groups excluding tert-OH is 1. The number of aliphatic hydroxyl groups is 1. The summed E-state index contributed by atoms with van der Waals surface area (Å²) >= 11 is 1.97. The molecule has 1 aromatic rings. The summed E-state index contributed by atoms with van der Waals surface area (Å²) in [5, 5.41) is 10.0. The molecule has 2 rings (SSSR count). The lowest BCUT2D eigenvalue weighted by Crippen LogP contribution is -2.35. The fraction of sp³-hybridized carbons (Fsp3) is 0.615. The Hall–Kier alpha value is -0.740. The van der Waals surface area contributed by atoms with Gasteiger partial charge in [0.15, 0.2) is 0 Å². The molecule has 0 saturated carbocycles. The third-order valence-corrected chi connectivity index (χ3v) is 4.42. The Labute approximate surface area is 107 Å². The van der Waals surface area contributed by atoms with Crippen LogP contribution in [0.4, 0.5) is 5.82 Å². The van der Waals surface area contributed by atoms with Crippen LogP contribution in [0.5, 0.6) is 0 Å². The number of aromatic nitrogens is 1. The second-order valence-electron chi connectivity index (χ2n) is 4.56. The topological polar surface area (TPSA) is 36.4 Å². The van der Waals surface area contributed by atoms with Gasteiger partial charge in [-0.05, 0) is 43.7 Å². The van der Waals surface area contributed by atoms with Crippen molar-refractivity contribution in [3.63, 3.8) is 0 Å². The molecule has 1 N–H and O–H groups in total. The molecule has 0 aromatic carbocycles. The second-order valence-corrected chi connectivity index (χ2v) is 5.69. The van der Waals surface area contributed by atoms with Gasteiger partial charge in [0.25, 0.3) is 0 Å². The van der Waals surface area contributed by atoms with Gasteiger partial charge in [-0.25, -0.2) is 4.98 Å². The van der Waals surface area contributed by atoms with Gasteiger partial charge in [-0.2, -0.15) is 11.8 Å². The molecule has 3 nitrogen and oxygen atoms in total. The van der Waals surface area contributed by atoms with E-state index in [0.717, 1.165) is 35.4 Å². The van der Waals surface area contributed by atoms with Crippen molar-refractivity contribution in [2.24, 2.45) is 0 Å². The smallest absolute Gasteiger partial charge is 0.129 e. The van der Waals surface area contributed by atoms with Gasteiger partial charge in [0, 0.05) is 24.0 Å². The van der Waals surface area contributed by atoms with Crippen molar-refractivity contribution < 1.29 is 5.11 Å². The van der Waals surface area contributed by atoms with Crippen LogP contribution < -0.4 is 4.90 Å².